The molecule has 1 aliphatic rings. The van der Waals surface area contributed by atoms with Crippen LogP contribution in [0.2, 0.25) is 0 Å². The molecule has 0 spiro atoms. The number of ketones is 1. The van der Waals surface area contributed by atoms with E-state index >= 15 is 0 Å². The summed E-state index contributed by atoms with van der Waals surface area (Å²) in [4.78, 5) is 11.9. The smallest absolute Gasteiger partial charge is 0.141 e. The lowest BCUT2D eigenvalue weighted by Gasteiger charge is -2.12. The number of carbonyl (C=O) groups is 1. The Bertz CT molecular complexity index is 307. The van der Waals surface area contributed by atoms with Crippen molar-refractivity contribution in [2.75, 3.05) is 6.54 Å². The third kappa shape index (κ3) is 2.04. The Morgan fingerprint density at radius 3 is 3.14 bits per heavy atom. The van der Waals surface area contributed by atoms with E-state index in [1.807, 2.05) is 11.4 Å². The van der Waals surface area contributed by atoms with E-state index in [1.54, 1.807) is 11.3 Å². The number of nitrogens with one attached hydrogen (secondary N) is 1. The molecule has 2 nitrogen and oxygen atoms in total. The maximum Gasteiger partial charge on any atom is 0.141 e. The summed E-state index contributed by atoms with van der Waals surface area (Å²) in [5.74, 6) is 0.621. The van der Waals surface area contributed by atoms with E-state index < -0.39 is 0 Å². The highest BCUT2D eigenvalue weighted by Crippen LogP contribution is 2.19. The summed E-state index contributed by atoms with van der Waals surface area (Å²) in [6.45, 7) is 3.09. The molecule has 1 N–H and O–H groups in total. The fraction of sp³-hybridized carbons (Fsp3) is 0.545. The van der Waals surface area contributed by atoms with Crippen LogP contribution in [0.3, 0.4) is 0 Å². The average Bonchev–Trinajstić information content (AvgIpc) is 2.75. The van der Waals surface area contributed by atoms with Crippen LogP contribution in [0, 0.1) is 5.92 Å². The Labute approximate surface area is 88.3 Å². The molecule has 1 saturated heterocycles. The predicted molar refractivity (Wildman–Crippen MR) is 58.6 cm³/mol. The SMILES string of the molecule is CC1NCCC1C(=O)Cc1ccsc1. The number of hydrogen-bond acceptors (Lipinski definition) is 3. The van der Waals surface area contributed by atoms with Crippen molar-refractivity contribution < 1.29 is 4.79 Å². The molecule has 0 bridgehead atoms. The molecule has 2 heterocycles. The van der Waals surface area contributed by atoms with E-state index in [-0.39, 0.29) is 5.92 Å². The summed E-state index contributed by atoms with van der Waals surface area (Å²) in [5, 5.41) is 7.40. The van der Waals surface area contributed by atoms with E-state index in [0.717, 1.165) is 13.0 Å². The van der Waals surface area contributed by atoms with Crippen molar-refractivity contribution >= 4 is 17.1 Å². The van der Waals surface area contributed by atoms with Crippen LogP contribution in [0.4, 0.5) is 0 Å². The van der Waals surface area contributed by atoms with Gasteiger partial charge in [-0.15, -0.1) is 0 Å². The number of rotatable bonds is 3. The lowest BCUT2D eigenvalue weighted by atomic mass is 9.93. The van der Waals surface area contributed by atoms with Gasteiger partial charge in [0.25, 0.3) is 0 Å². The lowest BCUT2D eigenvalue weighted by molar-refractivity contribution is -0.122. The molecule has 1 aliphatic heterocycles. The van der Waals surface area contributed by atoms with Gasteiger partial charge in [0, 0.05) is 18.4 Å². The van der Waals surface area contributed by atoms with E-state index in [0.29, 0.717) is 18.2 Å². The van der Waals surface area contributed by atoms with Crippen LogP contribution in [-0.2, 0) is 11.2 Å². The first-order valence-electron chi connectivity index (χ1n) is 5.04. The van der Waals surface area contributed by atoms with Crippen molar-refractivity contribution in [1.29, 1.82) is 0 Å². The fourth-order valence-electron chi connectivity index (χ4n) is 2.02. The van der Waals surface area contributed by atoms with Gasteiger partial charge in [0.1, 0.15) is 5.78 Å². The second kappa shape index (κ2) is 4.24. The molecule has 0 radical (unpaired) electrons. The van der Waals surface area contributed by atoms with E-state index in [9.17, 15) is 4.79 Å². The molecule has 2 unspecified atom stereocenters. The molecule has 0 aromatic carbocycles. The molecule has 1 aromatic rings. The van der Waals surface area contributed by atoms with Crippen molar-refractivity contribution in [2.24, 2.45) is 5.92 Å². The Kier molecular flexibility index (Phi) is 2.99. The molecule has 2 rings (SSSR count). The van der Waals surface area contributed by atoms with Crippen molar-refractivity contribution in [3.05, 3.63) is 22.4 Å². The number of Topliss-reactive ketones (excluding diaryl/α,β-unsaturated/α-hetero) is 1. The van der Waals surface area contributed by atoms with Gasteiger partial charge >= 0.3 is 0 Å². The second-order valence-corrected chi connectivity index (χ2v) is 4.69. The zero-order valence-electron chi connectivity index (χ0n) is 8.32. The molecule has 2 atom stereocenters. The van der Waals surface area contributed by atoms with E-state index in [2.05, 4.69) is 17.6 Å². The quantitative estimate of drug-likeness (QED) is 0.823. The molecule has 1 fully saturated rings. The summed E-state index contributed by atoms with van der Waals surface area (Å²) in [7, 11) is 0. The van der Waals surface area contributed by atoms with Gasteiger partial charge in [0.15, 0.2) is 0 Å². The van der Waals surface area contributed by atoms with Crippen LogP contribution in [0.5, 0.6) is 0 Å². The first-order valence-corrected chi connectivity index (χ1v) is 5.99. The van der Waals surface area contributed by atoms with Gasteiger partial charge in [-0.2, -0.15) is 11.3 Å². The van der Waals surface area contributed by atoms with Crippen LogP contribution in [0.25, 0.3) is 0 Å². The van der Waals surface area contributed by atoms with Crippen molar-refractivity contribution in [3.8, 4) is 0 Å². The van der Waals surface area contributed by atoms with Gasteiger partial charge in [0.2, 0.25) is 0 Å². The summed E-state index contributed by atoms with van der Waals surface area (Å²) in [6, 6.07) is 2.40. The number of carbonyl (C=O) groups excluding carboxylic acids is 1. The molecule has 0 saturated carbocycles. The minimum Gasteiger partial charge on any atom is -0.314 e. The molecule has 76 valence electrons. The summed E-state index contributed by atoms with van der Waals surface area (Å²) in [5.41, 5.74) is 1.17. The van der Waals surface area contributed by atoms with Gasteiger partial charge in [-0.3, -0.25) is 4.79 Å². The monoisotopic (exact) mass is 209 g/mol. The van der Waals surface area contributed by atoms with Crippen molar-refractivity contribution in [3.63, 3.8) is 0 Å². The minimum atomic E-state index is 0.231. The zero-order valence-corrected chi connectivity index (χ0v) is 9.14. The average molecular weight is 209 g/mol. The van der Waals surface area contributed by atoms with E-state index in [1.165, 1.54) is 5.56 Å². The minimum absolute atomic E-state index is 0.231. The summed E-state index contributed by atoms with van der Waals surface area (Å²) < 4.78 is 0. The Balaban J connectivity index is 1.95. The topological polar surface area (TPSA) is 29.1 Å². The second-order valence-electron chi connectivity index (χ2n) is 3.91. The van der Waals surface area contributed by atoms with Crippen molar-refractivity contribution in [2.45, 2.75) is 25.8 Å². The maximum absolute atomic E-state index is 11.9. The van der Waals surface area contributed by atoms with Gasteiger partial charge in [-0.05, 0) is 42.3 Å². The summed E-state index contributed by atoms with van der Waals surface area (Å²) in [6.07, 6.45) is 1.62. The van der Waals surface area contributed by atoms with Crippen LogP contribution in [0.1, 0.15) is 18.9 Å². The van der Waals surface area contributed by atoms with Gasteiger partial charge in [-0.25, -0.2) is 0 Å². The highest BCUT2D eigenvalue weighted by molar-refractivity contribution is 7.07. The zero-order chi connectivity index (χ0) is 9.97. The van der Waals surface area contributed by atoms with Crippen LogP contribution >= 0.6 is 11.3 Å². The normalized spacial score (nSPS) is 26.6. The Morgan fingerprint density at radius 1 is 1.71 bits per heavy atom. The number of thiophene rings is 1. The Morgan fingerprint density at radius 2 is 2.57 bits per heavy atom. The highest BCUT2D eigenvalue weighted by atomic mass is 32.1. The molecular formula is C11H15NOS. The molecule has 14 heavy (non-hydrogen) atoms. The number of hydrogen-bond donors (Lipinski definition) is 1. The van der Waals surface area contributed by atoms with Crippen LogP contribution in [-0.4, -0.2) is 18.4 Å². The van der Waals surface area contributed by atoms with Crippen molar-refractivity contribution in [1.82, 2.24) is 5.32 Å². The largest absolute Gasteiger partial charge is 0.314 e. The van der Waals surface area contributed by atoms with Gasteiger partial charge in [-0.1, -0.05) is 0 Å². The lowest BCUT2D eigenvalue weighted by Crippen LogP contribution is -2.29. The predicted octanol–water partition coefficient (Wildman–Crippen LogP) is 1.86. The van der Waals surface area contributed by atoms with Gasteiger partial charge in [0.05, 0.1) is 0 Å². The van der Waals surface area contributed by atoms with Crippen LogP contribution in [0.15, 0.2) is 16.8 Å². The molecule has 3 heteroatoms. The van der Waals surface area contributed by atoms with Crippen LogP contribution < -0.4 is 5.32 Å². The maximum atomic E-state index is 11.9. The molecule has 0 amide bonds. The molecule has 0 aliphatic carbocycles. The Hall–Kier alpha value is -0.670. The fourth-order valence-corrected chi connectivity index (χ4v) is 2.69. The first kappa shape index (κ1) is 9.87. The first-order chi connectivity index (χ1) is 6.77. The third-order valence-corrected chi connectivity index (χ3v) is 3.63. The third-order valence-electron chi connectivity index (χ3n) is 2.90. The molecule has 1 aromatic heterocycles. The summed E-state index contributed by atoms with van der Waals surface area (Å²) >= 11 is 1.66. The van der Waals surface area contributed by atoms with Gasteiger partial charge < -0.3 is 5.32 Å². The standard InChI is InChI=1S/C11H15NOS/c1-8-10(2-4-12-8)11(13)6-9-3-5-14-7-9/h3,5,7-8,10,12H,2,4,6H2,1H3. The molecular weight excluding hydrogens is 194 g/mol. The highest BCUT2D eigenvalue weighted by Gasteiger charge is 2.28. The van der Waals surface area contributed by atoms with E-state index in [4.69, 9.17) is 0 Å².